The van der Waals surface area contributed by atoms with Crippen LogP contribution in [0, 0.1) is 0 Å². The zero-order chi connectivity index (χ0) is 11.3. The number of nitrogens with zero attached hydrogens (tertiary/aromatic N) is 1. The van der Waals surface area contributed by atoms with Gasteiger partial charge < -0.3 is 20.5 Å². The molecule has 0 radical (unpaired) electrons. The topological polar surface area (TPSA) is 58.7 Å². The van der Waals surface area contributed by atoms with Crippen LogP contribution >= 0.6 is 0 Å². The Morgan fingerprint density at radius 2 is 2.33 bits per heavy atom. The molecule has 3 N–H and O–H groups in total. The Morgan fingerprint density at radius 1 is 1.60 bits per heavy atom. The lowest BCUT2D eigenvalue weighted by atomic mass is 10.0. The number of hydrogen-bond acceptors (Lipinski definition) is 4. The molecule has 4 heteroatoms. The lowest BCUT2D eigenvalue weighted by Gasteiger charge is -2.26. The normalized spacial score (nSPS) is 25.8. The third-order valence-corrected chi connectivity index (χ3v) is 3.01. The van der Waals surface area contributed by atoms with Crippen molar-refractivity contribution in [1.82, 2.24) is 4.90 Å². The van der Waals surface area contributed by atoms with Gasteiger partial charge in [-0.2, -0.15) is 0 Å². The molecule has 15 heavy (non-hydrogen) atoms. The predicted octanol–water partition coefficient (Wildman–Crippen LogP) is 0.197. The number of rotatable bonds is 6. The zero-order valence-electron chi connectivity index (χ0n) is 9.91. The van der Waals surface area contributed by atoms with Crippen molar-refractivity contribution >= 4 is 0 Å². The monoisotopic (exact) mass is 216 g/mol. The van der Waals surface area contributed by atoms with Crippen molar-refractivity contribution in [1.29, 1.82) is 0 Å². The minimum Gasteiger partial charge on any atom is -0.389 e. The van der Waals surface area contributed by atoms with Gasteiger partial charge in [-0.1, -0.05) is 0 Å². The Hall–Kier alpha value is -0.160. The first-order valence-corrected chi connectivity index (χ1v) is 5.76. The van der Waals surface area contributed by atoms with Gasteiger partial charge in [0.05, 0.1) is 11.7 Å². The van der Waals surface area contributed by atoms with Gasteiger partial charge in [-0.15, -0.1) is 0 Å². The van der Waals surface area contributed by atoms with E-state index < -0.39 is 5.60 Å². The van der Waals surface area contributed by atoms with Crippen LogP contribution in [0.5, 0.6) is 0 Å². The van der Waals surface area contributed by atoms with E-state index in [0.29, 0.717) is 19.1 Å². The number of hydrogen-bond donors (Lipinski definition) is 2. The minimum atomic E-state index is -0.731. The fourth-order valence-electron chi connectivity index (χ4n) is 1.76. The van der Waals surface area contributed by atoms with E-state index in [0.717, 1.165) is 26.1 Å². The highest BCUT2D eigenvalue weighted by Crippen LogP contribution is 2.14. The highest BCUT2D eigenvalue weighted by molar-refractivity contribution is 4.76. The van der Waals surface area contributed by atoms with Crippen LogP contribution in [0.25, 0.3) is 0 Å². The molecule has 1 saturated heterocycles. The van der Waals surface area contributed by atoms with Crippen molar-refractivity contribution < 1.29 is 9.84 Å². The van der Waals surface area contributed by atoms with Gasteiger partial charge in [0, 0.05) is 26.2 Å². The Balaban J connectivity index is 2.15. The molecule has 1 fully saturated rings. The molecule has 0 amide bonds. The number of likely N-dealkylation sites (N-methyl/N-ethyl adjacent to an activating group) is 1. The minimum absolute atomic E-state index is 0.320. The standard InChI is InChI=1S/C11H24N2O2/c1-11(14,9-12)5-6-13(2)8-10-4-3-7-15-10/h10,14H,3-9,12H2,1-2H3. The second-order valence-corrected chi connectivity index (χ2v) is 4.85. The average molecular weight is 216 g/mol. The van der Waals surface area contributed by atoms with Crippen LogP contribution in [0.1, 0.15) is 26.2 Å². The maximum Gasteiger partial charge on any atom is 0.0753 e. The van der Waals surface area contributed by atoms with Gasteiger partial charge in [-0.05, 0) is 33.2 Å². The Bertz CT molecular complexity index is 179. The lowest BCUT2D eigenvalue weighted by molar-refractivity contribution is 0.0388. The summed E-state index contributed by atoms with van der Waals surface area (Å²) in [6.07, 6.45) is 3.45. The second kappa shape index (κ2) is 5.80. The smallest absolute Gasteiger partial charge is 0.0753 e. The van der Waals surface area contributed by atoms with E-state index in [1.165, 1.54) is 6.42 Å². The molecule has 2 atom stereocenters. The van der Waals surface area contributed by atoms with Crippen molar-refractivity contribution in [2.45, 2.75) is 37.9 Å². The summed E-state index contributed by atoms with van der Waals surface area (Å²) in [4.78, 5) is 2.21. The first-order valence-electron chi connectivity index (χ1n) is 5.76. The predicted molar refractivity (Wildman–Crippen MR) is 60.8 cm³/mol. The van der Waals surface area contributed by atoms with E-state index >= 15 is 0 Å². The number of ether oxygens (including phenoxy) is 1. The van der Waals surface area contributed by atoms with Crippen LogP contribution in [-0.4, -0.2) is 55.0 Å². The molecule has 1 aliphatic rings. The molecule has 1 aliphatic heterocycles. The molecule has 2 unspecified atom stereocenters. The van der Waals surface area contributed by atoms with E-state index in [9.17, 15) is 5.11 Å². The van der Waals surface area contributed by atoms with Crippen LogP contribution in [0.3, 0.4) is 0 Å². The van der Waals surface area contributed by atoms with Gasteiger partial charge in [0.15, 0.2) is 0 Å². The van der Waals surface area contributed by atoms with E-state index in [4.69, 9.17) is 10.5 Å². The lowest BCUT2D eigenvalue weighted by Crippen LogP contribution is -2.39. The SMILES string of the molecule is CN(CCC(C)(O)CN)CC1CCCO1. The van der Waals surface area contributed by atoms with Crippen LogP contribution in [-0.2, 0) is 4.74 Å². The van der Waals surface area contributed by atoms with Crippen LogP contribution in [0.4, 0.5) is 0 Å². The summed E-state index contributed by atoms with van der Waals surface area (Å²) in [6.45, 7) is 4.83. The van der Waals surface area contributed by atoms with E-state index in [2.05, 4.69) is 11.9 Å². The summed E-state index contributed by atoms with van der Waals surface area (Å²) < 4.78 is 5.55. The van der Waals surface area contributed by atoms with Crippen molar-refractivity contribution in [3.05, 3.63) is 0 Å². The molecular weight excluding hydrogens is 192 g/mol. The maximum absolute atomic E-state index is 9.75. The van der Waals surface area contributed by atoms with Gasteiger partial charge in [0.25, 0.3) is 0 Å². The summed E-state index contributed by atoms with van der Waals surface area (Å²) in [5.41, 5.74) is 4.73. The van der Waals surface area contributed by atoms with Gasteiger partial charge >= 0.3 is 0 Å². The first kappa shape index (κ1) is 12.9. The van der Waals surface area contributed by atoms with Crippen LogP contribution in [0.2, 0.25) is 0 Å². The third kappa shape index (κ3) is 4.93. The van der Waals surface area contributed by atoms with Crippen molar-refractivity contribution in [2.24, 2.45) is 5.73 Å². The van der Waals surface area contributed by atoms with Gasteiger partial charge in [-0.3, -0.25) is 0 Å². The molecule has 1 rings (SSSR count). The van der Waals surface area contributed by atoms with Crippen LogP contribution in [0.15, 0.2) is 0 Å². The Labute approximate surface area is 92.4 Å². The van der Waals surface area contributed by atoms with Gasteiger partial charge in [0.2, 0.25) is 0 Å². The van der Waals surface area contributed by atoms with E-state index in [1.54, 1.807) is 6.92 Å². The molecule has 0 spiro atoms. The number of aliphatic hydroxyl groups is 1. The molecule has 0 aromatic heterocycles. The Kier molecular flexibility index (Phi) is 4.99. The van der Waals surface area contributed by atoms with Gasteiger partial charge in [0.1, 0.15) is 0 Å². The quantitative estimate of drug-likeness (QED) is 0.666. The molecule has 1 heterocycles. The summed E-state index contributed by atoms with van der Waals surface area (Å²) >= 11 is 0. The molecule has 4 nitrogen and oxygen atoms in total. The molecule has 0 aliphatic carbocycles. The summed E-state index contributed by atoms with van der Waals surface area (Å²) in [5.74, 6) is 0. The largest absolute Gasteiger partial charge is 0.389 e. The summed E-state index contributed by atoms with van der Waals surface area (Å²) in [5, 5.41) is 9.75. The Morgan fingerprint density at radius 3 is 2.87 bits per heavy atom. The molecule has 0 aromatic rings. The summed E-state index contributed by atoms with van der Waals surface area (Å²) in [6, 6.07) is 0. The fourth-order valence-corrected chi connectivity index (χ4v) is 1.76. The summed E-state index contributed by atoms with van der Waals surface area (Å²) in [7, 11) is 2.06. The van der Waals surface area contributed by atoms with Crippen molar-refractivity contribution in [2.75, 3.05) is 33.3 Å². The highest BCUT2D eigenvalue weighted by atomic mass is 16.5. The molecule has 0 aromatic carbocycles. The molecule has 0 saturated carbocycles. The van der Waals surface area contributed by atoms with Crippen LogP contribution < -0.4 is 5.73 Å². The fraction of sp³-hybridized carbons (Fsp3) is 1.00. The molecule has 0 bridgehead atoms. The average Bonchev–Trinajstić information content (AvgIpc) is 2.68. The molecule has 90 valence electrons. The second-order valence-electron chi connectivity index (χ2n) is 4.85. The van der Waals surface area contributed by atoms with E-state index in [-0.39, 0.29) is 0 Å². The number of nitrogens with two attached hydrogens (primary N) is 1. The van der Waals surface area contributed by atoms with Crippen molar-refractivity contribution in [3.63, 3.8) is 0 Å². The van der Waals surface area contributed by atoms with Crippen molar-refractivity contribution in [3.8, 4) is 0 Å². The highest BCUT2D eigenvalue weighted by Gasteiger charge is 2.21. The third-order valence-electron chi connectivity index (χ3n) is 3.01. The first-order chi connectivity index (χ1) is 7.03. The maximum atomic E-state index is 9.75. The molecular formula is C11H24N2O2. The zero-order valence-corrected chi connectivity index (χ0v) is 9.91. The van der Waals surface area contributed by atoms with Gasteiger partial charge in [-0.25, -0.2) is 0 Å². The van der Waals surface area contributed by atoms with E-state index in [1.807, 2.05) is 0 Å².